The minimum atomic E-state index is -4.32. The Hall–Kier alpha value is -3.47. The van der Waals surface area contributed by atoms with E-state index in [9.17, 15) is 18.0 Å². The molecule has 0 bridgehead atoms. The van der Waals surface area contributed by atoms with Gasteiger partial charge < -0.3 is 19.7 Å². The van der Waals surface area contributed by atoms with Gasteiger partial charge in [-0.05, 0) is 87.2 Å². The number of nitrogens with one attached hydrogen (secondary N) is 1. The maximum absolute atomic E-state index is 14.3. The Morgan fingerprint density at radius 3 is 2.07 bits per heavy atom. The predicted molar refractivity (Wildman–Crippen MR) is 174 cm³/mol. The van der Waals surface area contributed by atoms with Gasteiger partial charge >= 0.3 is 0 Å². The molecule has 0 spiro atoms. The number of amides is 2. The fraction of sp³-hybridized carbons (Fsp3) is 0.375. The molecule has 0 unspecified atom stereocenters. The van der Waals surface area contributed by atoms with Crippen molar-refractivity contribution in [2.24, 2.45) is 0 Å². The van der Waals surface area contributed by atoms with Gasteiger partial charge in [-0.15, -0.1) is 0 Å². The van der Waals surface area contributed by atoms with Gasteiger partial charge in [0, 0.05) is 18.7 Å². The molecule has 3 aromatic rings. The zero-order chi connectivity index (χ0) is 32.8. The summed E-state index contributed by atoms with van der Waals surface area (Å²) < 4.78 is 40.3. The number of hydrogen-bond acceptors (Lipinski definition) is 6. The van der Waals surface area contributed by atoms with Crippen molar-refractivity contribution in [2.75, 3.05) is 25.1 Å². The summed E-state index contributed by atoms with van der Waals surface area (Å²) in [4.78, 5) is 28.9. The number of carbonyl (C=O) groups is 2. The SMILES string of the molecule is CC[C@H](C(=O)NC(C)C)N(Cc1ccc(Cl)c(Cl)c1)C(=O)CN(c1cc(C)cc(C)c1)S(=O)(=O)c1ccc(OC)c(OC)c1. The molecule has 1 N–H and O–H groups in total. The topological polar surface area (TPSA) is 105 Å². The summed E-state index contributed by atoms with van der Waals surface area (Å²) in [7, 11) is -1.46. The number of aryl methyl sites for hydroxylation is 2. The normalized spacial score (nSPS) is 12.0. The highest BCUT2D eigenvalue weighted by atomic mass is 35.5. The second-order valence-electron chi connectivity index (χ2n) is 10.7. The Bertz CT molecular complexity index is 1590. The average Bonchev–Trinajstić information content (AvgIpc) is 2.96. The second kappa shape index (κ2) is 15.0. The first-order chi connectivity index (χ1) is 20.7. The highest BCUT2D eigenvalue weighted by Gasteiger charge is 2.34. The van der Waals surface area contributed by atoms with E-state index >= 15 is 0 Å². The summed E-state index contributed by atoms with van der Waals surface area (Å²) >= 11 is 12.4. The van der Waals surface area contributed by atoms with E-state index in [0.717, 1.165) is 15.4 Å². The highest BCUT2D eigenvalue weighted by molar-refractivity contribution is 7.92. The standard InChI is InChI=1S/C32H39Cl2N3O6S/c1-8-28(32(39)35-20(2)3)36(18-23-9-11-26(33)27(34)16-23)31(38)19-37(24-14-21(4)13-22(5)15-24)44(40,41)25-10-12-29(42-6)30(17-25)43-7/h9-17,20,28H,8,18-19H2,1-7H3,(H,35,39)/t28-/m1/s1. The molecule has 0 aliphatic rings. The van der Waals surface area contributed by atoms with Gasteiger partial charge in [-0.3, -0.25) is 13.9 Å². The van der Waals surface area contributed by atoms with Crippen LogP contribution in [0.3, 0.4) is 0 Å². The van der Waals surface area contributed by atoms with Gasteiger partial charge in [-0.25, -0.2) is 8.42 Å². The zero-order valence-corrected chi connectivity index (χ0v) is 28.3. The summed E-state index contributed by atoms with van der Waals surface area (Å²) in [6.07, 6.45) is 0.289. The van der Waals surface area contributed by atoms with Crippen molar-refractivity contribution in [3.8, 4) is 11.5 Å². The highest BCUT2D eigenvalue weighted by Crippen LogP contribution is 2.33. The number of hydrogen-bond donors (Lipinski definition) is 1. The van der Waals surface area contributed by atoms with Crippen LogP contribution in [0.1, 0.15) is 43.9 Å². The van der Waals surface area contributed by atoms with Crippen molar-refractivity contribution in [3.63, 3.8) is 0 Å². The van der Waals surface area contributed by atoms with Crippen molar-refractivity contribution in [2.45, 2.75) is 64.6 Å². The first-order valence-corrected chi connectivity index (χ1v) is 16.3. The number of sulfonamides is 1. The van der Waals surface area contributed by atoms with Gasteiger partial charge in [0.2, 0.25) is 11.8 Å². The van der Waals surface area contributed by atoms with E-state index in [1.54, 1.807) is 37.3 Å². The Balaban J connectivity index is 2.15. The molecule has 2 amide bonds. The van der Waals surface area contributed by atoms with Crippen LogP contribution in [0.4, 0.5) is 5.69 Å². The zero-order valence-electron chi connectivity index (χ0n) is 26.0. The van der Waals surface area contributed by atoms with Crippen molar-refractivity contribution in [1.82, 2.24) is 10.2 Å². The number of halogens is 2. The monoisotopic (exact) mass is 663 g/mol. The smallest absolute Gasteiger partial charge is 0.264 e. The van der Waals surface area contributed by atoms with Crippen LogP contribution in [0, 0.1) is 13.8 Å². The number of rotatable bonds is 13. The van der Waals surface area contributed by atoms with Gasteiger partial charge in [0.1, 0.15) is 12.6 Å². The number of anilines is 1. The van der Waals surface area contributed by atoms with Crippen LogP contribution in [0.5, 0.6) is 11.5 Å². The molecular formula is C32H39Cl2N3O6S. The van der Waals surface area contributed by atoms with Crippen molar-refractivity contribution in [1.29, 1.82) is 0 Å². The number of benzene rings is 3. The molecule has 12 heteroatoms. The molecule has 0 aliphatic heterocycles. The summed E-state index contributed by atoms with van der Waals surface area (Å²) in [6.45, 7) is 8.56. The quantitative estimate of drug-likeness (QED) is 0.235. The molecule has 0 aromatic heterocycles. The second-order valence-corrected chi connectivity index (χ2v) is 13.4. The maximum atomic E-state index is 14.3. The van der Waals surface area contributed by atoms with E-state index in [1.807, 2.05) is 33.8 Å². The van der Waals surface area contributed by atoms with Crippen LogP contribution in [0.2, 0.25) is 10.0 Å². The molecule has 0 aliphatic carbocycles. The summed E-state index contributed by atoms with van der Waals surface area (Å²) in [5.74, 6) is -0.352. The van der Waals surface area contributed by atoms with Gasteiger partial charge in [0.25, 0.3) is 10.0 Å². The van der Waals surface area contributed by atoms with Crippen molar-refractivity contribution >= 4 is 50.7 Å². The minimum Gasteiger partial charge on any atom is -0.493 e. The molecule has 3 rings (SSSR count). The third kappa shape index (κ3) is 8.37. The van der Waals surface area contributed by atoms with E-state index < -0.39 is 28.5 Å². The van der Waals surface area contributed by atoms with E-state index in [2.05, 4.69) is 5.32 Å². The molecule has 0 radical (unpaired) electrons. The van der Waals surface area contributed by atoms with Gasteiger partial charge in [-0.2, -0.15) is 0 Å². The molecule has 0 heterocycles. The van der Waals surface area contributed by atoms with E-state index in [4.69, 9.17) is 32.7 Å². The first kappa shape index (κ1) is 35.0. The number of nitrogens with zero attached hydrogens (tertiary/aromatic N) is 2. The molecule has 0 fully saturated rings. The lowest BCUT2D eigenvalue weighted by Crippen LogP contribution is -2.53. The number of methoxy groups -OCH3 is 2. The molecule has 1 atom stereocenters. The third-order valence-corrected chi connectivity index (χ3v) is 9.38. The lowest BCUT2D eigenvalue weighted by molar-refractivity contribution is -0.140. The molecule has 3 aromatic carbocycles. The molecule has 9 nitrogen and oxygen atoms in total. The van der Waals surface area contributed by atoms with E-state index in [1.165, 1.54) is 37.3 Å². The number of ether oxygens (including phenoxy) is 2. The van der Waals surface area contributed by atoms with Crippen LogP contribution in [-0.2, 0) is 26.2 Å². The Morgan fingerprint density at radius 2 is 1.52 bits per heavy atom. The van der Waals surface area contributed by atoms with Gasteiger partial charge in [0.05, 0.1) is 34.8 Å². The predicted octanol–water partition coefficient (Wildman–Crippen LogP) is 6.15. The lowest BCUT2D eigenvalue weighted by Gasteiger charge is -2.33. The molecule has 0 saturated carbocycles. The summed E-state index contributed by atoms with van der Waals surface area (Å²) in [5.41, 5.74) is 2.56. The fourth-order valence-electron chi connectivity index (χ4n) is 4.86. The van der Waals surface area contributed by atoms with Crippen molar-refractivity contribution in [3.05, 3.63) is 81.3 Å². The Labute approximate surface area is 270 Å². The van der Waals surface area contributed by atoms with Crippen LogP contribution in [-0.4, -0.2) is 58.0 Å². The van der Waals surface area contributed by atoms with Crippen LogP contribution < -0.4 is 19.1 Å². The number of carbonyl (C=O) groups excluding carboxylic acids is 2. The third-order valence-electron chi connectivity index (χ3n) is 6.87. The van der Waals surface area contributed by atoms with Crippen LogP contribution >= 0.6 is 23.2 Å². The Morgan fingerprint density at radius 1 is 0.886 bits per heavy atom. The molecule has 44 heavy (non-hydrogen) atoms. The maximum Gasteiger partial charge on any atom is 0.264 e. The lowest BCUT2D eigenvalue weighted by atomic mass is 10.1. The summed E-state index contributed by atoms with van der Waals surface area (Å²) in [6, 6.07) is 13.4. The van der Waals surface area contributed by atoms with Crippen molar-refractivity contribution < 1.29 is 27.5 Å². The van der Waals surface area contributed by atoms with Crippen LogP contribution in [0.25, 0.3) is 0 Å². The van der Waals surface area contributed by atoms with Crippen LogP contribution in [0.15, 0.2) is 59.5 Å². The summed E-state index contributed by atoms with van der Waals surface area (Å²) in [5, 5.41) is 3.52. The van der Waals surface area contributed by atoms with Gasteiger partial charge in [0.15, 0.2) is 11.5 Å². The van der Waals surface area contributed by atoms with E-state index in [0.29, 0.717) is 27.0 Å². The molecule has 0 saturated heterocycles. The first-order valence-electron chi connectivity index (χ1n) is 14.1. The largest absolute Gasteiger partial charge is 0.493 e. The average molecular weight is 665 g/mol. The van der Waals surface area contributed by atoms with Gasteiger partial charge in [-0.1, -0.05) is 42.3 Å². The Kier molecular flexibility index (Phi) is 11.9. The van der Waals surface area contributed by atoms with E-state index in [-0.39, 0.29) is 35.6 Å². The minimum absolute atomic E-state index is 0.00314. The fourth-order valence-corrected chi connectivity index (χ4v) is 6.60. The molecule has 238 valence electrons. The molecular weight excluding hydrogens is 625 g/mol.